The SMILES string of the molecule is CCCn1nnnc1COC(=O)c1cc(Cl)c2c(c1)OCO2. The molecule has 1 aromatic carbocycles. The maximum absolute atomic E-state index is 12.1. The van der Waals surface area contributed by atoms with Gasteiger partial charge in [0.1, 0.15) is 0 Å². The number of hydrogen-bond donors (Lipinski definition) is 0. The van der Waals surface area contributed by atoms with E-state index >= 15 is 0 Å². The molecule has 0 fully saturated rings. The number of nitrogens with zero attached hydrogens (tertiary/aromatic N) is 4. The highest BCUT2D eigenvalue weighted by Crippen LogP contribution is 2.39. The quantitative estimate of drug-likeness (QED) is 0.775. The van der Waals surface area contributed by atoms with Gasteiger partial charge in [-0.15, -0.1) is 5.10 Å². The summed E-state index contributed by atoms with van der Waals surface area (Å²) < 4.78 is 17.2. The van der Waals surface area contributed by atoms with E-state index in [0.29, 0.717) is 28.9 Å². The van der Waals surface area contributed by atoms with Crippen molar-refractivity contribution in [1.29, 1.82) is 0 Å². The summed E-state index contributed by atoms with van der Waals surface area (Å²) in [6, 6.07) is 3.01. The van der Waals surface area contributed by atoms with Crippen LogP contribution >= 0.6 is 11.6 Å². The molecule has 2 heterocycles. The first-order valence-corrected chi connectivity index (χ1v) is 7.08. The summed E-state index contributed by atoms with van der Waals surface area (Å²) >= 11 is 6.04. The number of fused-ring (bicyclic) bond motifs is 1. The molecule has 0 radical (unpaired) electrons. The van der Waals surface area contributed by atoms with Gasteiger partial charge in [-0.25, -0.2) is 9.48 Å². The molecule has 0 bridgehead atoms. The van der Waals surface area contributed by atoms with Crippen LogP contribution in [0.5, 0.6) is 11.5 Å². The lowest BCUT2D eigenvalue weighted by atomic mass is 10.2. The number of halogens is 1. The molecule has 1 aliphatic rings. The number of carbonyl (C=O) groups excluding carboxylic acids is 1. The molecule has 2 aromatic rings. The number of rotatable bonds is 5. The molecule has 0 spiro atoms. The molecule has 0 amide bonds. The standard InChI is InChI=1S/C13H13ClN4O4/c1-2-3-18-11(15-16-17-18)6-20-13(19)8-4-9(14)12-10(5-8)21-7-22-12/h4-5H,2-3,6-7H2,1H3. The van der Waals surface area contributed by atoms with Crippen LogP contribution < -0.4 is 9.47 Å². The third-order valence-electron chi connectivity index (χ3n) is 3.04. The first-order chi connectivity index (χ1) is 10.7. The van der Waals surface area contributed by atoms with E-state index in [4.69, 9.17) is 25.8 Å². The maximum atomic E-state index is 12.1. The molecule has 0 N–H and O–H groups in total. The van der Waals surface area contributed by atoms with Crippen molar-refractivity contribution in [2.75, 3.05) is 6.79 Å². The Kier molecular flexibility index (Phi) is 4.10. The van der Waals surface area contributed by atoms with Crippen molar-refractivity contribution in [2.45, 2.75) is 26.5 Å². The second-order valence-electron chi connectivity index (χ2n) is 4.59. The summed E-state index contributed by atoms with van der Waals surface area (Å²) in [6.07, 6.45) is 0.879. The van der Waals surface area contributed by atoms with E-state index in [1.165, 1.54) is 12.1 Å². The molecule has 1 aliphatic heterocycles. The van der Waals surface area contributed by atoms with Gasteiger partial charge in [0.05, 0.1) is 10.6 Å². The van der Waals surface area contributed by atoms with E-state index < -0.39 is 5.97 Å². The number of ether oxygens (including phenoxy) is 3. The van der Waals surface area contributed by atoms with Gasteiger partial charge in [-0.05, 0) is 29.0 Å². The zero-order chi connectivity index (χ0) is 15.5. The highest BCUT2D eigenvalue weighted by Gasteiger charge is 2.21. The Morgan fingerprint density at radius 2 is 2.32 bits per heavy atom. The number of esters is 1. The fourth-order valence-electron chi connectivity index (χ4n) is 2.01. The Labute approximate surface area is 130 Å². The van der Waals surface area contributed by atoms with Crippen LogP contribution in [0.2, 0.25) is 5.02 Å². The van der Waals surface area contributed by atoms with E-state index in [1.54, 1.807) is 4.68 Å². The van der Waals surface area contributed by atoms with Crippen LogP contribution in [0.25, 0.3) is 0 Å². The summed E-state index contributed by atoms with van der Waals surface area (Å²) in [5.74, 6) is 0.814. The predicted octanol–water partition coefficient (Wildman–Crippen LogP) is 1.82. The van der Waals surface area contributed by atoms with Crippen molar-refractivity contribution in [3.8, 4) is 11.5 Å². The highest BCUT2D eigenvalue weighted by atomic mass is 35.5. The molecule has 0 saturated carbocycles. The zero-order valence-electron chi connectivity index (χ0n) is 11.8. The molecule has 116 valence electrons. The molecule has 0 unspecified atom stereocenters. The molecule has 9 heteroatoms. The largest absolute Gasteiger partial charge is 0.454 e. The van der Waals surface area contributed by atoms with Gasteiger partial charge in [0.2, 0.25) is 6.79 Å². The minimum atomic E-state index is -0.536. The van der Waals surface area contributed by atoms with Crippen LogP contribution in [0.3, 0.4) is 0 Å². The second kappa shape index (κ2) is 6.18. The summed E-state index contributed by atoms with van der Waals surface area (Å²) in [6.45, 7) is 2.74. The topological polar surface area (TPSA) is 88.4 Å². The summed E-state index contributed by atoms with van der Waals surface area (Å²) in [5.41, 5.74) is 0.281. The summed E-state index contributed by atoms with van der Waals surface area (Å²) in [7, 11) is 0. The lowest BCUT2D eigenvalue weighted by molar-refractivity contribution is 0.0456. The number of aromatic nitrogens is 4. The lowest BCUT2D eigenvalue weighted by Crippen LogP contribution is -2.11. The molecular weight excluding hydrogens is 312 g/mol. The summed E-state index contributed by atoms with van der Waals surface area (Å²) in [4.78, 5) is 12.1. The monoisotopic (exact) mass is 324 g/mol. The van der Waals surface area contributed by atoms with Crippen molar-refractivity contribution in [3.05, 3.63) is 28.5 Å². The molecule has 3 rings (SSSR count). The lowest BCUT2D eigenvalue weighted by Gasteiger charge is -2.06. The number of aryl methyl sites for hydroxylation is 1. The molecule has 1 aromatic heterocycles. The second-order valence-corrected chi connectivity index (χ2v) is 4.99. The van der Waals surface area contributed by atoms with Gasteiger partial charge in [-0.3, -0.25) is 0 Å². The van der Waals surface area contributed by atoms with Crippen LogP contribution in [-0.4, -0.2) is 33.0 Å². The van der Waals surface area contributed by atoms with Crippen LogP contribution in [0.15, 0.2) is 12.1 Å². The molecule has 8 nitrogen and oxygen atoms in total. The van der Waals surface area contributed by atoms with Gasteiger partial charge in [-0.2, -0.15) is 0 Å². The Balaban J connectivity index is 1.70. The maximum Gasteiger partial charge on any atom is 0.338 e. The summed E-state index contributed by atoms with van der Waals surface area (Å²) in [5, 5.41) is 11.5. The molecule has 0 aliphatic carbocycles. The predicted molar refractivity (Wildman–Crippen MR) is 74.8 cm³/mol. The first-order valence-electron chi connectivity index (χ1n) is 6.70. The minimum absolute atomic E-state index is 0.0160. The van der Waals surface area contributed by atoms with E-state index in [-0.39, 0.29) is 19.0 Å². The van der Waals surface area contributed by atoms with Crippen LogP contribution in [0.4, 0.5) is 0 Å². The Bertz CT molecular complexity index is 703. The van der Waals surface area contributed by atoms with E-state index in [9.17, 15) is 4.79 Å². The van der Waals surface area contributed by atoms with Crippen molar-refractivity contribution in [3.63, 3.8) is 0 Å². The number of tetrazole rings is 1. The van der Waals surface area contributed by atoms with E-state index in [0.717, 1.165) is 6.42 Å². The van der Waals surface area contributed by atoms with Crippen molar-refractivity contribution in [1.82, 2.24) is 20.2 Å². The van der Waals surface area contributed by atoms with Crippen LogP contribution in [0, 0.1) is 0 Å². The van der Waals surface area contributed by atoms with Gasteiger partial charge in [0.15, 0.2) is 23.9 Å². The van der Waals surface area contributed by atoms with E-state index in [2.05, 4.69) is 15.5 Å². The average molecular weight is 325 g/mol. The normalized spacial score (nSPS) is 12.5. The minimum Gasteiger partial charge on any atom is -0.454 e. The molecule has 0 saturated heterocycles. The molecule has 22 heavy (non-hydrogen) atoms. The Morgan fingerprint density at radius 1 is 1.45 bits per heavy atom. The van der Waals surface area contributed by atoms with E-state index in [1.807, 2.05) is 6.92 Å². The van der Waals surface area contributed by atoms with Gasteiger partial charge >= 0.3 is 5.97 Å². The highest BCUT2D eigenvalue weighted by molar-refractivity contribution is 6.32. The van der Waals surface area contributed by atoms with Crippen LogP contribution in [-0.2, 0) is 17.9 Å². The average Bonchev–Trinajstić information content (AvgIpc) is 3.14. The van der Waals surface area contributed by atoms with Gasteiger partial charge in [-0.1, -0.05) is 18.5 Å². The van der Waals surface area contributed by atoms with Gasteiger partial charge in [0, 0.05) is 6.54 Å². The first kappa shape index (κ1) is 14.6. The fraction of sp³-hybridized carbons (Fsp3) is 0.385. The number of hydrogen-bond acceptors (Lipinski definition) is 7. The van der Waals surface area contributed by atoms with Gasteiger partial charge in [0.25, 0.3) is 0 Å². The third-order valence-corrected chi connectivity index (χ3v) is 3.32. The van der Waals surface area contributed by atoms with Crippen molar-refractivity contribution in [2.24, 2.45) is 0 Å². The fourth-order valence-corrected chi connectivity index (χ4v) is 2.28. The Hall–Kier alpha value is -2.35. The van der Waals surface area contributed by atoms with Gasteiger partial charge < -0.3 is 14.2 Å². The van der Waals surface area contributed by atoms with Crippen molar-refractivity contribution < 1.29 is 19.0 Å². The third kappa shape index (κ3) is 2.82. The number of carbonyl (C=O) groups is 1. The Morgan fingerprint density at radius 3 is 3.14 bits per heavy atom. The van der Waals surface area contributed by atoms with Crippen molar-refractivity contribution >= 4 is 17.6 Å². The van der Waals surface area contributed by atoms with Crippen LogP contribution in [0.1, 0.15) is 29.5 Å². The molecule has 0 atom stereocenters. The smallest absolute Gasteiger partial charge is 0.338 e. The molecular formula is C13H13ClN4O4. The number of benzene rings is 1. The zero-order valence-corrected chi connectivity index (χ0v) is 12.5.